The van der Waals surface area contributed by atoms with Gasteiger partial charge in [0.2, 0.25) is 0 Å². The molecule has 0 saturated heterocycles. The highest BCUT2D eigenvalue weighted by atomic mass is 16.5. The predicted octanol–water partition coefficient (Wildman–Crippen LogP) is 2.76. The van der Waals surface area contributed by atoms with E-state index in [0.29, 0.717) is 6.42 Å². The summed E-state index contributed by atoms with van der Waals surface area (Å²) in [6, 6.07) is 4.56. The number of methoxy groups -OCH3 is 1. The summed E-state index contributed by atoms with van der Waals surface area (Å²) in [7, 11) is 1.43. The van der Waals surface area contributed by atoms with Crippen molar-refractivity contribution in [3.05, 3.63) is 35.0 Å². The second kappa shape index (κ2) is 4.48. The Bertz CT molecular complexity index is 598. The molecule has 0 unspecified atom stereocenters. The molecule has 18 heavy (non-hydrogen) atoms. The third-order valence-electron chi connectivity index (χ3n) is 3.81. The fourth-order valence-corrected chi connectivity index (χ4v) is 2.80. The van der Waals surface area contributed by atoms with Gasteiger partial charge in [0.25, 0.3) is 0 Å². The minimum absolute atomic E-state index is 0.148. The van der Waals surface area contributed by atoms with E-state index < -0.39 is 0 Å². The minimum Gasteiger partial charge on any atom is -0.469 e. The van der Waals surface area contributed by atoms with Gasteiger partial charge in [-0.1, -0.05) is 0 Å². The Morgan fingerprint density at radius 2 is 2.11 bits per heavy atom. The third-order valence-corrected chi connectivity index (χ3v) is 3.81. The van der Waals surface area contributed by atoms with Crippen molar-refractivity contribution in [2.75, 3.05) is 7.11 Å². The quantitative estimate of drug-likeness (QED) is 0.842. The fourth-order valence-electron chi connectivity index (χ4n) is 2.80. The number of rotatable bonds is 3. The molecular weight excluding hydrogens is 226 g/mol. The van der Waals surface area contributed by atoms with Crippen molar-refractivity contribution in [3.63, 3.8) is 0 Å². The second-order valence-electron chi connectivity index (χ2n) is 4.91. The van der Waals surface area contributed by atoms with Gasteiger partial charge in [-0.05, 0) is 54.5 Å². The number of nitrogens with one attached hydrogen (secondary N) is 1. The molecule has 0 radical (unpaired) electrons. The first kappa shape index (κ1) is 11.3. The van der Waals surface area contributed by atoms with Crippen LogP contribution in [0.3, 0.4) is 0 Å². The summed E-state index contributed by atoms with van der Waals surface area (Å²) >= 11 is 0. The highest BCUT2D eigenvalue weighted by molar-refractivity contribution is 5.85. The number of ether oxygens (including phenoxy) is 1. The Labute approximate surface area is 106 Å². The largest absolute Gasteiger partial charge is 0.469 e. The maximum Gasteiger partial charge on any atom is 0.305 e. The van der Waals surface area contributed by atoms with Crippen LogP contribution in [0, 0.1) is 0 Å². The summed E-state index contributed by atoms with van der Waals surface area (Å²) in [5, 5.41) is 1.26. The summed E-state index contributed by atoms with van der Waals surface area (Å²) in [5.74, 6) is -0.148. The molecule has 0 amide bonds. The monoisotopic (exact) mass is 243 g/mol. The van der Waals surface area contributed by atoms with Crippen LogP contribution in [0.5, 0.6) is 0 Å². The Morgan fingerprint density at radius 3 is 2.89 bits per heavy atom. The molecule has 2 aromatic rings. The number of carbonyl (C=O) groups is 1. The summed E-state index contributed by atoms with van der Waals surface area (Å²) in [4.78, 5) is 14.5. The van der Waals surface area contributed by atoms with Gasteiger partial charge in [0, 0.05) is 23.5 Å². The van der Waals surface area contributed by atoms with E-state index >= 15 is 0 Å². The molecule has 3 rings (SSSR count). The highest BCUT2D eigenvalue weighted by Crippen LogP contribution is 2.29. The van der Waals surface area contributed by atoms with E-state index in [1.807, 2.05) is 6.20 Å². The van der Waals surface area contributed by atoms with Crippen molar-refractivity contribution in [2.45, 2.75) is 32.1 Å². The van der Waals surface area contributed by atoms with Crippen LogP contribution in [0.25, 0.3) is 10.9 Å². The van der Waals surface area contributed by atoms with E-state index in [-0.39, 0.29) is 5.97 Å². The van der Waals surface area contributed by atoms with Crippen molar-refractivity contribution < 1.29 is 9.53 Å². The normalized spacial score (nSPS) is 13.8. The van der Waals surface area contributed by atoms with Gasteiger partial charge in [-0.2, -0.15) is 0 Å². The number of benzene rings is 1. The second-order valence-corrected chi connectivity index (χ2v) is 4.91. The Hall–Kier alpha value is -1.77. The van der Waals surface area contributed by atoms with Crippen LogP contribution in [0.2, 0.25) is 0 Å². The standard InChI is InChI=1S/C15H17NO2/c1-18-15(17)6-5-12-9-16-14-8-11-4-2-3-10(11)7-13(12)14/h7-9,16H,2-6H2,1H3. The molecule has 1 aromatic carbocycles. The van der Waals surface area contributed by atoms with E-state index in [2.05, 4.69) is 21.9 Å². The van der Waals surface area contributed by atoms with Crippen LogP contribution < -0.4 is 0 Å². The zero-order valence-electron chi connectivity index (χ0n) is 10.6. The molecule has 1 aliphatic carbocycles. The summed E-state index contributed by atoms with van der Waals surface area (Å²) < 4.78 is 4.69. The maximum atomic E-state index is 11.2. The molecule has 1 N–H and O–H groups in total. The first-order valence-corrected chi connectivity index (χ1v) is 6.46. The number of carbonyl (C=O) groups excluding carboxylic acids is 1. The van der Waals surface area contributed by atoms with Gasteiger partial charge in [0.05, 0.1) is 7.11 Å². The van der Waals surface area contributed by atoms with Crippen LogP contribution >= 0.6 is 0 Å². The van der Waals surface area contributed by atoms with E-state index in [0.717, 1.165) is 6.42 Å². The molecule has 0 fully saturated rings. The van der Waals surface area contributed by atoms with E-state index in [1.165, 1.54) is 54.0 Å². The van der Waals surface area contributed by atoms with Crippen molar-refractivity contribution in [1.82, 2.24) is 4.98 Å². The summed E-state index contributed by atoms with van der Waals surface area (Å²) in [6.45, 7) is 0. The first-order chi connectivity index (χ1) is 8.78. The molecule has 94 valence electrons. The number of hydrogen-bond donors (Lipinski definition) is 1. The molecule has 3 nitrogen and oxygen atoms in total. The average molecular weight is 243 g/mol. The van der Waals surface area contributed by atoms with Crippen molar-refractivity contribution >= 4 is 16.9 Å². The van der Waals surface area contributed by atoms with Crippen molar-refractivity contribution in [1.29, 1.82) is 0 Å². The lowest BCUT2D eigenvalue weighted by Crippen LogP contribution is -2.01. The molecule has 1 aromatic heterocycles. The van der Waals surface area contributed by atoms with E-state index in [9.17, 15) is 4.79 Å². The van der Waals surface area contributed by atoms with Crippen LogP contribution in [0.1, 0.15) is 29.5 Å². The first-order valence-electron chi connectivity index (χ1n) is 6.46. The Morgan fingerprint density at radius 1 is 1.33 bits per heavy atom. The molecule has 0 atom stereocenters. The summed E-state index contributed by atoms with van der Waals surface area (Å²) in [6.07, 6.45) is 6.85. The van der Waals surface area contributed by atoms with E-state index in [4.69, 9.17) is 0 Å². The number of H-pyrrole nitrogens is 1. The highest BCUT2D eigenvalue weighted by Gasteiger charge is 2.14. The van der Waals surface area contributed by atoms with Gasteiger partial charge in [-0.25, -0.2) is 0 Å². The molecule has 0 saturated carbocycles. The maximum absolute atomic E-state index is 11.2. The van der Waals surface area contributed by atoms with Crippen LogP contribution in [-0.4, -0.2) is 18.1 Å². The van der Waals surface area contributed by atoms with E-state index in [1.54, 1.807) is 0 Å². The smallest absolute Gasteiger partial charge is 0.305 e. The van der Waals surface area contributed by atoms with Gasteiger partial charge in [0.15, 0.2) is 0 Å². The molecule has 0 spiro atoms. The molecule has 3 heteroatoms. The number of aromatic amines is 1. The number of hydrogen-bond acceptors (Lipinski definition) is 2. The lowest BCUT2D eigenvalue weighted by Gasteiger charge is -2.02. The SMILES string of the molecule is COC(=O)CCc1c[nH]c2cc3c(cc12)CCC3. The molecule has 1 aliphatic rings. The van der Waals surface area contributed by atoms with Gasteiger partial charge in [-0.3, -0.25) is 4.79 Å². The molecule has 0 bridgehead atoms. The zero-order chi connectivity index (χ0) is 12.5. The molecular formula is C15H17NO2. The van der Waals surface area contributed by atoms with Crippen LogP contribution in [-0.2, 0) is 28.8 Å². The third kappa shape index (κ3) is 1.90. The average Bonchev–Trinajstić information content (AvgIpc) is 2.99. The van der Waals surface area contributed by atoms with Gasteiger partial charge >= 0.3 is 5.97 Å². The minimum atomic E-state index is -0.148. The topological polar surface area (TPSA) is 42.1 Å². The number of aryl methyl sites for hydroxylation is 3. The summed E-state index contributed by atoms with van der Waals surface area (Å²) in [5.41, 5.74) is 5.35. The van der Waals surface area contributed by atoms with Crippen LogP contribution in [0.4, 0.5) is 0 Å². The number of esters is 1. The lowest BCUT2D eigenvalue weighted by molar-refractivity contribution is -0.140. The van der Waals surface area contributed by atoms with Crippen molar-refractivity contribution in [2.24, 2.45) is 0 Å². The molecule has 0 aliphatic heterocycles. The zero-order valence-corrected chi connectivity index (χ0v) is 10.6. The predicted molar refractivity (Wildman–Crippen MR) is 70.7 cm³/mol. The Balaban J connectivity index is 1.91. The molecule has 1 heterocycles. The Kier molecular flexibility index (Phi) is 2.82. The number of aromatic nitrogens is 1. The van der Waals surface area contributed by atoms with Gasteiger partial charge in [0.1, 0.15) is 0 Å². The van der Waals surface area contributed by atoms with Crippen molar-refractivity contribution in [3.8, 4) is 0 Å². The van der Waals surface area contributed by atoms with Gasteiger partial charge in [-0.15, -0.1) is 0 Å². The van der Waals surface area contributed by atoms with Gasteiger partial charge < -0.3 is 9.72 Å². The lowest BCUT2D eigenvalue weighted by atomic mass is 10.0. The fraction of sp³-hybridized carbons (Fsp3) is 0.400. The van der Waals surface area contributed by atoms with Crippen LogP contribution in [0.15, 0.2) is 18.3 Å². The number of fused-ring (bicyclic) bond motifs is 2.